The molecular formula is C25H27ClN6O2. The number of likely N-dealkylation sites (tertiary alicyclic amines) is 1. The van der Waals surface area contributed by atoms with E-state index in [1.165, 1.54) is 10.9 Å². The van der Waals surface area contributed by atoms with E-state index in [1.54, 1.807) is 16.9 Å². The summed E-state index contributed by atoms with van der Waals surface area (Å²) < 4.78 is 3.16. The van der Waals surface area contributed by atoms with Crippen LogP contribution in [-0.4, -0.2) is 48.0 Å². The normalized spacial score (nSPS) is 16.2. The molecular weight excluding hydrogens is 452 g/mol. The number of benzene rings is 2. The Morgan fingerprint density at radius 3 is 2.59 bits per heavy atom. The minimum Gasteiger partial charge on any atom is -0.398 e. The number of anilines is 1. The molecule has 0 aliphatic carbocycles. The second-order valence-electron chi connectivity index (χ2n) is 9.15. The van der Waals surface area contributed by atoms with Gasteiger partial charge >= 0.3 is 0 Å². The van der Waals surface area contributed by atoms with Gasteiger partial charge in [0.05, 0.1) is 24.0 Å². The summed E-state index contributed by atoms with van der Waals surface area (Å²) >= 11 is 6.00. The molecule has 9 heteroatoms. The fourth-order valence-corrected chi connectivity index (χ4v) is 4.67. The van der Waals surface area contributed by atoms with Gasteiger partial charge in [0, 0.05) is 30.3 Å². The third-order valence-electron chi connectivity index (χ3n) is 6.59. The van der Waals surface area contributed by atoms with Crippen LogP contribution in [0.3, 0.4) is 0 Å². The van der Waals surface area contributed by atoms with Gasteiger partial charge in [-0.1, -0.05) is 35.4 Å². The van der Waals surface area contributed by atoms with E-state index in [1.807, 2.05) is 43.3 Å². The number of rotatable bonds is 5. The first-order valence-electron chi connectivity index (χ1n) is 11.3. The number of halogens is 1. The van der Waals surface area contributed by atoms with Crippen LogP contribution in [0.2, 0.25) is 5.02 Å². The maximum Gasteiger partial charge on any atom is 0.264 e. The quantitative estimate of drug-likeness (QED) is 0.427. The molecule has 3 heterocycles. The van der Waals surface area contributed by atoms with Gasteiger partial charge in [-0.2, -0.15) is 5.10 Å². The van der Waals surface area contributed by atoms with E-state index in [9.17, 15) is 9.90 Å². The highest BCUT2D eigenvalue weighted by atomic mass is 35.5. The maximum absolute atomic E-state index is 13.1. The molecule has 176 valence electrons. The van der Waals surface area contributed by atoms with Crippen molar-refractivity contribution in [3.63, 3.8) is 0 Å². The molecule has 0 saturated carbocycles. The van der Waals surface area contributed by atoms with Crippen molar-refractivity contribution >= 4 is 28.3 Å². The molecule has 0 amide bonds. The van der Waals surface area contributed by atoms with Crippen LogP contribution in [-0.2, 0) is 13.1 Å². The van der Waals surface area contributed by atoms with Crippen molar-refractivity contribution in [1.29, 1.82) is 0 Å². The van der Waals surface area contributed by atoms with Crippen LogP contribution in [0, 0.1) is 6.92 Å². The molecule has 1 saturated heterocycles. The second kappa shape index (κ2) is 8.87. The Hall–Kier alpha value is -3.20. The van der Waals surface area contributed by atoms with Gasteiger partial charge in [-0.15, -0.1) is 0 Å². The molecule has 2 aromatic carbocycles. The highest BCUT2D eigenvalue weighted by Gasteiger charge is 2.33. The topological polar surface area (TPSA) is 102 Å². The SMILES string of the molecule is Cc1ccc(-n2ncc3c(=O)n(CC4(O)CCN(Cc5ccc(Cl)cc5N)CC4)cnc32)cc1. The molecule has 1 aliphatic rings. The predicted molar refractivity (Wildman–Crippen MR) is 133 cm³/mol. The zero-order valence-corrected chi connectivity index (χ0v) is 19.7. The molecule has 0 spiro atoms. The molecule has 0 unspecified atom stereocenters. The Labute approximate surface area is 202 Å². The Balaban J connectivity index is 1.30. The average Bonchev–Trinajstić information content (AvgIpc) is 3.25. The lowest BCUT2D eigenvalue weighted by Crippen LogP contribution is -2.47. The fourth-order valence-electron chi connectivity index (χ4n) is 4.49. The Kier molecular flexibility index (Phi) is 5.89. The minimum atomic E-state index is -0.978. The zero-order chi connectivity index (χ0) is 23.9. The summed E-state index contributed by atoms with van der Waals surface area (Å²) in [6.45, 7) is 4.32. The zero-order valence-electron chi connectivity index (χ0n) is 19.0. The lowest BCUT2D eigenvalue weighted by atomic mass is 9.91. The number of nitrogen functional groups attached to an aromatic ring is 1. The molecule has 0 radical (unpaired) electrons. The first kappa shape index (κ1) is 22.6. The standard InChI is InChI=1S/C25H27ClN6O2/c1-17-2-6-20(7-3-17)32-23-21(13-29-32)24(33)31(16-28-23)15-25(34)8-10-30(11-9-25)14-18-4-5-19(26)12-22(18)27/h2-7,12-13,16,34H,8-11,14-15,27H2,1H3. The molecule has 3 N–H and O–H groups in total. The lowest BCUT2D eigenvalue weighted by Gasteiger charge is -2.38. The van der Waals surface area contributed by atoms with Crippen molar-refractivity contribution in [2.75, 3.05) is 18.8 Å². The Morgan fingerprint density at radius 1 is 1.15 bits per heavy atom. The molecule has 5 rings (SSSR count). The van der Waals surface area contributed by atoms with Crippen LogP contribution >= 0.6 is 11.6 Å². The van der Waals surface area contributed by atoms with Crippen LogP contribution in [0.15, 0.2) is 59.8 Å². The van der Waals surface area contributed by atoms with Crippen molar-refractivity contribution in [1.82, 2.24) is 24.2 Å². The van der Waals surface area contributed by atoms with Gasteiger partial charge in [0.15, 0.2) is 5.65 Å². The first-order valence-corrected chi connectivity index (χ1v) is 11.7. The van der Waals surface area contributed by atoms with E-state index in [2.05, 4.69) is 15.0 Å². The monoisotopic (exact) mass is 478 g/mol. The number of piperidine rings is 1. The maximum atomic E-state index is 13.1. The number of nitrogens with zero attached hydrogens (tertiary/aromatic N) is 5. The third kappa shape index (κ3) is 4.44. The van der Waals surface area contributed by atoms with E-state index in [-0.39, 0.29) is 12.1 Å². The van der Waals surface area contributed by atoms with Crippen molar-refractivity contribution < 1.29 is 5.11 Å². The number of aliphatic hydroxyl groups is 1. The van der Waals surface area contributed by atoms with Gasteiger partial charge < -0.3 is 10.8 Å². The third-order valence-corrected chi connectivity index (χ3v) is 6.82. The van der Waals surface area contributed by atoms with E-state index in [0.29, 0.717) is 54.2 Å². The van der Waals surface area contributed by atoms with E-state index in [4.69, 9.17) is 17.3 Å². The number of aromatic nitrogens is 4. The Morgan fingerprint density at radius 2 is 1.88 bits per heavy atom. The number of aryl methyl sites for hydroxylation is 1. The molecule has 1 aliphatic heterocycles. The number of fused-ring (bicyclic) bond motifs is 1. The summed E-state index contributed by atoms with van der Waals surface area (Å²) in [7, 11) is 0. The van der Waals surface area contributed by atoms with Crippen LogP contribution in [0.25, 0.3) is 16.7 Å². The Bertz CT molecular complexity index is 1390. The van der Waals surface area contributed by atoms with E-state index < -0.39 is 5.60 Å². The second-order valence-corrected chi connectivity index (χ2v) is 9.59. The van der Waals surface area contributed by atoms with Gasteiger partial charge in [-0.3, -0.25) is 14.3 Å². The minimum absolute atomic E-state index is 0.196. The molecule has 4 aromatic rings. The van der Waals surface area contributed by atoms with Gasteiger partial charge in [-0.05, 0) is 49.6 Å². The number of hydrogen-bond donors (Lipinski definition) is 2. The van der Waals surface area contributed by atoms with Crippen molar-refractivity contribution in [2.24, 2.45) is 0 Å². The summed E-state index contributed by atoms with van der Waals surface area (Å²) in [4.78, 5) is 19.9. The summed E-state index contributed by atoms with van der Waals surface area (Å²) in [5, 5.41) is 16.7. The van der Waals surface area contributed by atoms with Gasteiger partial charge in [-0.25, -0.2) is 9.67 Å². The highest BCUT2D eigenvalue weighted by Crippen LogP contribution is 2.27. The van der Waals surface area contributed by atoms with E-state index in [0.717, 1.165) is 16.8 Å². The molecule has 0 bridgehead atoms. The lowest BCUT2D eigenvalue weighted by molar-refractivity contribution is -0.0364. The van der Waals surface area contributed by atoms with Crippen molar-refractivity contribution in [2.45, 2.75) is 38.5 Å². The predicted octanol–water partition coefficient (Wildman–Crippen LogP) is 3.15. The summed E-state index contributed by atoms with van der Waals surface area (Å²) in [6.07, 6.45) is 4.15. The number of hydrogen-bond acceptors (Lipinski definition) is 6. The molecule has 8 nitrogen and oxygen atoms in total. The summed E-state index contributed by atoms with van der Waals surface area (Å²) in [5.41, 5.74) is 9.10. The van der Waals surface area contributed by atoms with Gasteiger partial charge in [0.1, 0.15) is 11.7 Å². The van der Waals surface area contributed by atoms with Crippen LogP contribution in [0.4, 0.5) is 5.69 Å². The van der Waals surface area contributed by atoms with E-state index >= 15 is 0 Å². The summed E-state index contributed by atoms with van der Waals surface area (Å²) in [5.74, 6) is 0. The molecule has 0 atom stereocenters. The largest absolute Gasteiger partial charge is 0.398 e. The average molecular weight is 479 g/mol. The smallest absolute Gasteiger partial charge is 0.264 e. The van der Waals surface area contributed by atoms with Crippen LogP contribution in [0.1, 0.15) is 24.0 Å². The number of nitrogens with two attached hydrogens (primary N) is 1. The van der Waals surface area contributed by atoms with Crippen LogP contribution < -0.4 is 11.3 Å². The van der Waals surface area contributed by atoms with Crippen molar-refractivity contribution in [3.05, 3.63) is 81.5 Å². The first-order chi connectivity index (χ1) is 16.3. The molecule has 1 fully saturated rings. The molecule has 2 aromatic heterocycles. The van der Waals surface area contributed by atoms with Crippen LogP contribution in [0.5, 0.6) is 0 Å². The summed E-state index contributed by atoms with van der Waals surface area (Å²) in [6, 6.07) is 13.4. The fraction of sp³-hybridized carbons (Fsp3) is 0.320. The van der Waals surface area contributed by atoms with Gasteiger partial charge in [0.2, 0.25) is 0 Å². The molecule has 34 heavy (non-hydrogen) atoms. The van der Waals surface area contributed by atoms with Crippen molar-refractivity contribution in [3.8, 4) is 5.69 Å². The van der Waals surface area contributed by atoms with Gasteiger partial charge in [0.25, 0.3) is 5.56 Å². The highest BCUT2D eigenvalue weighted by molar-refractivity contribution is 6.30.